The van der Waals surface area contributed by atoms with E-state index < -0.39 is 12.1 Å². The molecule has 0 spiro atoms. The minimum atomic E-state index is -0.674. The van der Waals surface area contributed by atoms with Gasteiger partial charge >= 0.3 is 5.97 Å². The van der Waals surface area contributed by atoms with Crippen molar-refractivity contribution < 1.29 is 14.3 Å². The molecule has 7 nitrogen and oxygen atoms in total. The van der Waals surface area contributed by atoms with Crippen LogP contribution in [0.15, 0.2) is 60.9 Å². The molecule has 2 aromatic carbocycles. The van der Waals surface area contributed by atoms with Crippen LogP contribution >= 0.6 is 0 Å². The second kappa shape index (κ2) is 9.11. The third kappa shape index (κ3) is 4.12. The minimum Gasteiger partial charge on any atom is -0.467 e. The molecule has 3 N–H and O–H groups in total. The number of esters is 1. The van der Waals surface area contributed by atoms with Gasteiger partial charge in [-0.1, -0.05) is 36.4 Å². The third-order valence-electron chi connectivity index (χ3n) is 6.58. The maximum absolute atomic E-state index is 13.7. The summed E-state index contributed by atoms with van der Waals surface area (Å²) in [4.78, 5) is 34.8. The van der Waals surface area contributed by atoms with Crippen molar-refractivity contribution in [1.29, 1.82) is 0 Å². The van der Waals surface area contributed by atoms with Gasteiger partial charge in [-0.3, -0.25) is 4.79 Å². The minimum absolute atomic E-state index is 0.0620. The number of carbonyl (C=O) groups excluding carboxylic acids is 2. The summed E-state index contributed by atoms with van der Waals surface area (Å²) in [6.45, 7) is 1.23. The van der Waals surface area contributed by atoms with Crippen molar-refractivity contribution in [2.45, 2.75) is 31.3 Å². The zero-order chi connectivity index (χ0) is 22.8. The van der Waals surface area contributed by atoms with Gasteiger partial charge in [-0.25, -0.2) is 4.79 Å². The first-order chi connectivity index (χ1) is 16.2. The number of fused-ring (bicyclic) bond motifs is 2. The lowest BCUT2D eigenvalue weighted by Crippen LogP contribution is -2.52. The second-order valence-corrected chi connectivity index (χ2v) is 8.56. The Bertz CT molecular complexity index is 1290. The molecule has 0 saturated carbocycles. The summed E-state index contributed by atoms with van der Waals surface area (Å²) in [5.74, 6) is -0.450. The van der Waals surface area contributed by atoms with Crippen molar-refractivity contribution in [2.24, 2.45) is 0 Å². The van der Waals surface area contributed by atoms with E-state index in [4.69, 9.17) is 4.74 Å². The summed E-state index contributed by atoms with van der Waals surface area (Å²) < 4.78 is 5.15. The fourth-order valence-corrected chi connectivity index (χ4v) is 4.88. The number of carbonyl (C=O) groups is 2. The van der Waals surface area contributed by atoms with Crippen LogP contribution in [-0.4, -0.2) is 59.0 Å². The molecule has 0 aliphatic carbocycles. The molecule has 1 aliphatic heterocycles. The average Bonchev–Trinajstić information content (AvgIpc) is 3.40. The van der Waals surface area contributed by atoms with Gasteiger partial charge in [0.1, 0.15) is 6.04 Å². The Balaban J connectivity index is 1.43. The van der Waals surface area contributed by atoms with Gasteiger partial charge in [-0.05, 0) is 42.6 Å². The highest BCUT2D eigenvalue weighted by Gasteiger charge is 2.36. The Hall–Kier alpha value is -3.58. The summed E-state index contributed by atoms with van der Waals surface area (Å²) in [5, 5.41) is 5.58. The quantitative estimate of drug-likeness (QED) is 0.399. The predicted molar refractivity (Wildman–Crippen MR) is 128 cm³/mol. The molecule has 0 unspecified atom stereocenters. The molecule has 1 saturated heterocycles. The van der Waals surface area contributed by atoms with E-state index in [1.807, 2.05) is 54.9 Å². The van der Waals surface area contributed by atoms with Gasteiger partial charge in [0.2, 0.25) is 5.91 Å². The summed E-state index contributed by atoms with van der Waals surface area (Å²) in [5.41, 5.74) is 4.15. The fourth-order valence-electron chi connectivity index (χ4n) is 4.88. The molecule has 1 aliphatic rings. The SMILES string of the molecule is COC(=O)[C@H](Cc1c[nH]c2ccccc12)N1CCCN[C@@H](Cc2c[nH]c3ccccc23)C1=O. The van der Waals surface area contributed by atoms with Crippen LogP contribution in [0.5, 0.6) is 0 Å². The van der Waals surface area contributed by atoms with Crippen LogP contribution in [0.1, 0.15) is 17.5 Å². The summed E-state index contributed by atoms with van der Waals surface area (Å²) in [7, 11) is 1.38. The van der Waals surface area contributed by atoms with Gasteiger partial charge in [-0.15, -0.1) is 0 Å². The number of rotatable bonds is 6. The van der Waals surface area contributed by atoms with Crippen LogP contribution in [-0.2, 0) is 27.2 Å². The van der Waals surface area contributed by atoms with E-state index in [2.05, 4.69) is 21.4 Å². The molecule has 5 rings (SSSR count). The third-order valence-corrected chi connectivity index (χ3v) is 6.58. The normalized spacial score (nSPS) is 17.9. The summed E-state index contributed by atoms with van der Waals surface area (Å²) in [6, 6.07) is 15.0. The highest BCUT2D eigenvalue weighted by Crippen LogP contribution is 2.24. The summed E-state index contributed by atoms with van der Waals surface area (Å²) >= 11 is 0. The smallest absolute Gasteiger partial charge is 0.328 e. The van der Waals surface area contributed by atoms with Crippen molar-refractivity contribution >= 4 is 33.7 Å². The summed E-state index contributed by atoms with van der Waals surface area (Å²) in [6.07, 6.45) is 5.63. The lowest BCUT2D eigenvalue weighted by Gasteiger charge is -2.31. The molecule has 0 radical (unpaired) electrons. The van der Waals surface area contributed by atoms with E-state index in [-0.39, 0.29) is 11.9 Å². The van der Waals surface area contributed by atoms with Crippen LogP contribution in [0.3, 0.4) is 0 Å². The predicted octanol–water partition coefficient (Wildman–Crippen LogP) is 3.17. The van der Waals surface area contributed by atoms with Crippen LogP contribution in [0, 0.1) is 0 Å². The van der Waals surface area contributed by atoms with Gasteiger partial charge < -0.3 is 24.9 Å². The van der Waals surface area contributed by atoms with E-state index in [0.29, 0.717) is 19.4 Å². The number of nitrogens with zero attached hydrogens (tertiary/aromatic N) is 1. The molecule has 2 aromatic heterocycles. The number of hydrogen-bond donors (Lipinski definition) is 3. The lowest BCUT2D eigenvalue weighted by molar-refractivity contribution is -0.153. The molecule has 1 fully saturated rings. The first-order valence-corrected chi connectivity index (χ1v) is 11.4. The van der Waals surface area contributed by atoms with Crippen LogP contribution < -0.4 is 5.32 Å². The largest absolute Gasteiger partial charge is 0.467 e. The number of aromatic amines is 2. The van der Waals surface area contributed by atoms with Crippen LogP contribution in [0.25, 0.3) is 21.8 Å². The number of methoxy groups -OCH3 is 1. The number of aromatic nitrogens is 2. The molecular weight excluding hydrogens is 416 g/mol. The molecule has 33 heavy (non-hydrogen) atoms. The Morgan fingerprint density at radius 3 is 2.36 bits per heavy atom. The molecule has 170 valence electrons. The average molecular weight is 445 g/mol. The first-order valence-electron chi connectivity index (χ1n) is 11.4. The van der Waals surface area contributed by atoms with Gasteiger partial charge in [0.15, 0.2) is 0 Å². The van der Waals surface area contributed by atoms with E-state index in [9.17, 15) is 9.59 Å². The molecule has 3 heterocycles. The Labute approximate surface area is 192 Å². The number of nitrogens with one attached hydrogen (secondary N) is 3. The van der Waals surface area contributed by atoms with Crippen LogP contribution in [0.2, 0.25) is 0 Å². The second-order valence-electron chi connectivity index (χ2n) is 8.56. The monoisotopic (exact) mass is 444 g/mol. The maximum Gasteiger partial charge on any atom is 0.328 e. The molecular formula is C26H28N4O3. The van der Waals surface area contributed by atoms with Crippen molar-refractivity contribution in [2.75, 3.05) is 20.2 Å². The Morgan fingerprint density at radius 2 is 1.67 bits per heavy atom. The number of benzene rings is 2. The molecule has 2 atom stereocenters. The fraction of sp³-hybridized carbons (Fsp3) is 0.308. The van der Waals surface area contributed by atoms with Crippen molar-refractivity contribution in [3.05, 3.63) is 72.1 Å². The van der Waals surface area contributed by atoms with Gasteiger partial charge in [0.05, 0.1) is 13.2 Å². The molecule has 0 bridgehead atoms. The number of amides is 1. The standard InChI is InChI=1S/C26H28N4O3/c1-33-26(32)24(14-18-16-29-22-10-5-3-8-20(18)22)30-12-6-11-27-23(25(30)31)13-17-15-28-21-9-4-2-7-19(17)21/h2-5,7-10,15-16,23-24,27-29H,6,11-14H2,1H3/t23-,24-/m0/s1. The zero-order valence-corrected chi connectivity index (χ0v) is 18.6. The maximum atomic E-state index is 13.7. The highest BCUT2D eigenvalue weighted by atomic mass is 16.5. The Morgan fingerprint density at radius 1 is 1.03 bits per heavy atom. The van der Waals surface area contributed by atoms with E-state index in [1.165, 1.54) is 7.11 Å². The van der Waals surface area contributed by atoms with Crippen molar-refractivity contribution in [3.8, 4) is 0 Å². The van der Waals surface area contributed by atoms with E-state index in [0.717, 1.165) is 45.9 Å². The lowest BCUT2D eigenvalue weighted by atomic mass is 10.0. The number of H-pyrrole nitrogens is 2. The van der Waals surface area contributed by atoms with E-state index in [1.54, 1.807) is 4.90 Å². The molecule has 1 amide bonds. The highest BCUT2D eigenvalue weighted by molar-refractivity contribution is 5.90. The molecule has 4 aromatic rings. The number of ether oxygens (including phenoxy) is 1. The Kier molecular flexibility index (Phi) is 5.88. The first kappa shape index (κ1) is 21.3. The van der Waals surface area contributed by atoms with Crippen molar-refractivity contribution in [3.63, 3.8) is 0 Å². The number of hydrogen-bond acceptors (Lipinski definition) is 4. The van der Waals surface area contributed by atoms with Gasteiger partial charge in [0, 0.05) is 47.2 Å². The van der Waals surface area contributed by atoms with E-state index >= 15 is 0 Å². The van der Waals surface area contributed by atoms with Crippen molar-refractivity contribution in [1.82, 2.24) is 20.2 Å². The van der Waals surface area contributed by atoms with Gasteiger partial charge in [0.25, 0.3) is 0 Å². The van der Waals surface area contributed by atoms with Gasteiger partial charge in [-0.2, -0.15) is 0 Å². The van der Waals surface area contributed by atoms with Crippen LogP contribution in [0.4, 0.5) is 0 Å². The molecule has 7 heteroatoms. The number of para-hydroxylation sites is 2. The zero-order valence-electron chi connectivity index (χ0n) is 18.6. The topological polar surface area (TPSA) is 90.2 Å².